The fraction of sp³-hybridized carbons (Fsp3) is 0.111. The van der Waals surface area contributed by atoms with E-state index in [1.807, 2.05) is 6.07 Å². The number of hydrogen-bond donors (Lipinski definition) is 2. The van der Waals surface area contributed by atoms with E-state index >= 15 is 0 Å². The topological polar surface area (TPSA) is 41.8 Å². The van der Waals surface area contributed by atoms with E-state index in [4.69, 9.17) is 5.73 Å². The summed E-state index contributed by atoms with van der Waals surface area (Å²) in [6, 6.07) is 5.42. The van der Waals surface area contributed by atoms with E-state index < -0.39 is 6.67 Å². The van der Waals surface area contributed by atoms with E-state index in [9.17, 15) is 4.39 Å². The highest BCUT2D eigenvalue weighted by molar-refractivity contribution is 5.85. The summed E-state index contributed by atoms with van der Waals surface area (Å²) in [5.74, 6) is 0. The molecule has 0 bridgehead atoms. The minimum absolute atomic E-state index is 0.455. The molecule has 0 radical (unpaired) electrons. The molecule has 2 aromatic rings. The highest BCUT2D eigenvalue weighted by Gasteiger charge is 2.02. The van der Waals surface area contributed by atoms with Crippen LogP contribution in [0.2, 0.25) is 0 Å². The van der Waals surface area contributed by atoms with Crippen molar-refractivity contribution >= 4 is 16.6 Å². The van der Waals surface area contributed by atoms with Gasteiger partial charge in [-0.1, -0.05) is 0 Å². The van der Waals surface area contributed by atoms with Crippen LogP contribution in [0.1, 0.15) is 5.56 Å². The van der Waals surface area contributed by atoms with Gasteiger partial charge in [0.1, 0.15) is 6.67 Å². The molecule has 0 atom stereocenters. The number of fused-ring (bicyclic) bond motifs is 1. The van der Waals surface area contributed by atoms with Crippen LogP contribution in [0.15, 0.2) is 24.4 Å². The van der Waals surface area contributed by atoms with Gasteiger partial charge in [-0.2, -0.15) is 0 Å². The van der Waals surface area contributed by atoms with Gasteiger partial charge in [0.2, 0.25) is 0 Å². The van der Waals surface area contributed by atoms with Crippen molar-refractivity contribution in [2.75, 3.05) is 5.73 Å². The molecule has 2 rings (SSSR count). The van der Waals surface area contributed by atoms with Crippen molar-refractivity contribution in [1.82, 2.24) is 4.98 Å². The average molecular weight is 164 g/mol. The quantitative estimate of drug-likeness (QED) is 0.623. The highest BCUT2D eigenvalue weighted by Crippen LogP contribution is 2.21. The van der Waals surface area contributed by atoms with Crippen molar-refractivity contribution in [2.45, 2.75) is 6.67 Å². The smallest absolute Gasteiger partial charge is 0.117 e. The summed E-state index contributed by atoms with van der Waals surface area (Å²) in [6.45, 7) is -0.455. The summed E-state index contributed by atoms with van der Waals surface area (Å²) in [4.78, 5) is 2.97. The summed E-state index contributed by atoms with van der Waals surface area (Å²) >= 11 is 0. The number of nitrogen functional groups attached to an aromatic ring is 1. The van der Waals surface area contributed by atoms with E-state index in [2.05, 4.69) is 4.98 Å². The number of anilines is 1. The Labute approximate surface area is 69.2 Å². The predicted molar refractivity (Wildman–Crippen MR) is 47.5 cm³/mol. The van der Waals surface area contributed by atoms with E-state index in [0.717, 1.165) is 10.9 Å². The Hall–Kier alpha value is -1.51. The molecule has 0 aliphatic heterocycles. The SMILES string of the molecule is Nc1ccc2[nH]cc(CF)c2c1. The number of benzene rings is 1. The van der Waals surface area contributed by atoms with Crippen LogP contribution in [-0.2, 0) is 6.67 Å². The zero-order valence-corrected chi connectivity index (χ0v) is 6.47. The normalized spacial score (nSPS) is 10.8. The summed E-state index contributed by atoms with van der Waals surface area (Å²) in [7, 11) is 0. The van der Waals surface area contributed by atoms with E-state index in [0.29, 0.717) is 11.3 Å². The van der Waals surface area contributed by atoms with Crippen molar-refractivity contribution in [3.8, 4) is 0 Å². The van der Waals surface area contributed by atoms with Crippen LogP contribution in [0.3, 0.4) is 0 Å². The van der Waals surface area contributed by atoms with Gasteiger partial charge >= 0.3 is 0 Å². The minimum atomic E-state index is -0.455. The van der Waals surface area contributed by atoms with Crippen LogP contribution in [0.4, 0.5) is 10.1 Å². The van der Waals surface area contributed by atoms with Crippen LogP contribution >= 0.6 is 0 Å². The first-order chi connectivity index (χ1) is 5.81. The highest BCUT2D eigenvalue weighted by atomic mass is 19.1. The number of hydrogen-bond acceptors (Lipinski definition) is 1. The molecule has 3 heteroatoms. The fourth-order valence-corrected chi connectivity index (χ4v) is 1.31. The molecule has 0 saturated carbocycles. The monoisotopic (exact) mass is 164 g/mol. The zero-order valence-electron chi connectivity index (χ0n) is 6.47. The third-order valence-electron chi connectivity index (χ3n) is 1.94. The van der Waals surface area contributed by atoms with Gasteiger partial charge in [-0.3, -0.25) is 0 Å². The number of alkyl halides is 1. The molecule has 0 saturated heterocycles. The number of nitrogens with two attached hydrogens (primary N) is 1. The van der Waals surface area contributed by atoms with Gasteiger partial charge in [-0.15, -0.1) is 0 Å². The molecule has 0 aliphatic rings. The lowest BCUT2D eigenvalue weighted by molar-refractivity contribution is 0.488. The lowest BCUT2D eigenvalue weighted by Gasteiger charge is -1.94. The Bertz CT molecular complexity index is 406. The molecule has 1 aromatic carbocycles. The number of nitrogens with one attached hydrogen (secondary N) is 1. The first kappa shape index (κ1) is 7.16. The van der Waals surface area contributed by atoms with Crippen LogP contribution < -0.4 is 5.73 Å². The Balaban J connectivity index is 2.75. The van der Waals surface area contributed by atoms with Gasteiger partial charge in [0, 0.05) is 28.4 Å². The Morgan fingerprint density at radius 3 is 3.00 bits per heavy atom. The molecule has 0 spiro atoms. The second kappa shape index (κ2) is 2.52. The maximum atomic E-state index is 12.4. The predicted octanol–water partition coefficient (Wildman–Crippen LogP) is 2.22. The first-order valence-corrected chi connectivity index (χ1v) is 3.72. The van der Waals surface area contributed by atoms with Crippen molar-refractivity contribution in [2.24, 2.45) is 0 Å². The van der Waals surface area contributed by atoms with E-state index in [-0.39, 0.29) is 0 Å². The lowest BCUT2D eigenvalue weighted by atomic mass is 10.2. The maximum Gasteiger partial charge on any atom is 0.117 e. The third-order valence-corrected chi connectivity index (χ3v) is 1.94. The van der Waals surface area contributed by atoms with Gasteiger partial charge in [0.25, 0.3) is 0 Å². The fourth-order valence-electron chi connectivity index (χ4n) is 1.31. The standard InChI is InChI=1S/C9H9FN2/c10-4-6-5-12-9-2-1-7(11)3-8(6)9/h1-3,5,12H,4,11H2. The molecule has 3 N–H and O–H groups in total. The first-order valence-electron chi connectivity index (χ1n) is 3.72. The maximum absolute atomic E-state index is 12.4. The minimum Gasteiger partial charge on any atom is -0.399 e. The van der Waals surface area contributed by atoms with E-state index in [1.165, 1.54) is 0 Å². The number of halogens is 1. The number of aromatic amines is 1. The molecule has 0 amide bonds. The van der Waals surface area contributed by atoms with Crippen LogP contribution in [0.25, 0.3) is 10.9 Å². The molecule has 1 heterocycles. The number of aromatic nitrogens is 1. The molecule has 0 fully saturated rings. The van der Waals surface area contributed by atoms with Crippen LogP contribution in [-0.4, -0.2) is 4.98 Å². The number of H-pyrrole nitrogens is 1. The molecule has 1 aromatic heterocycles. The van der Waals surface area contributed by atoms with Gasteiger partial charge in [-0.05, 0) is 18.2 Å². The number of rotatable bonds is 1. The second-order valence-electron chi connectivity index (χ2n) is 2.75. The molecule has 62 valence electrons. The van der Waals surface area contributed by atoms with Gasteiger partial charge in [0.15, 0.2) is 0 Å². The van der Waals surface area contributed by atoms with Gasteiger partial charge in [0.05, 0.1) is 0 Å². The molecule has 12 heavy (non-hydrogen) atoms. The molecule has 2 nitrogen and oxygen atoms in total. The van der Waals surface area contributed by atoms with Crippen molar-refractivity contribution in [3.63, 3.8) is 0 Å². The third kappa shape index (κ3) is 0.942. The Morgan fingerprint density at radius 1 is 1.42 bits per heavy atom. The summed E-state index contributed by atoms with van der Waals surface area (Å²) in [6.07, 6.45) is 1.67. The molecule has 0 aliphatic carbocycles. The van der Waals surface area contributed by atoms with Crippen molar-refractivity contribution in [3.05, 3.63) is 30.0 Å². The average Bonchev–Trinajstić information content (AvgIpc) is 2.46. The molecular weight excluding hydrogens is 155 g/mol. The van der Waals surface area contributed by atoms with Crippen LogP contribution in [0.5, 0.6) is 0 Å². The summed E-state index contributed by atoms with van der Waals surface area (Å²) in [5.41, 5.74) is 7.83. The van der Waals surface area contributed by atoms with Gasteiger partial charge in [-0.25, -0.2) is 4.39 Å². The second-order valence-corrected chi connectivity index (χ2v) is 2.75. The van der Waals surface area contributed by atoms with Crippen molar-refractivity contribution < 1.29 is 4.39 Å². The molecular formula is C9H9FN2. The van der Waals surface area contributed by atoms with Crippen LogP contribution in [0, 0.1) is 0 Å². The van der Waals surface area contributed by atoms with E-state index in [1.54, 1.807) is 18.3 Å². The largest absolute Gasteiger partial charge is 0.399 e. The van der Waals surface area contributed by atoms with Gasteiger partial charge < -0.3 is 10.7 Å². The molecule has 0 unspecified atom stereocenters. The Morgan fingerprint density at radius 2 is 2.25 bits per heavy atom. The Kier molecular flexibility index (Phi) is 1.50. The van der Waals surface area contributed by atoms with Crippen molar-refractivity contribution in [1.29, 1.82) is 0 Å². The summed E-state index contributed by atoms with van der Waals surface area (Å²) in [5, 5.41) is 0.873. The zero-order chi connectivity index (χ0) is 8.55. The summed E-state index contributed by atoms with van der Waals surface area (Å²) < 4.78 is 12.4. The lowest BCUT2D eigenvalue weighted by Crippen LogP contribution is -1.83.